The number of aliphatic hydroxyl groups excluding tert-OH is 1. The molecule has 0 saturated heterocycles. The maximum atomic E-state index is 9.39. The van der Waals surface area contributed by atoms with E-state index in [0.29, 0.717) is 6.54 Å². The fraction of sp³-hybridized carbons (Fsp3) is 0.182. The highest BCUT2D eigenvalue weighted by molar-refractivity contribution is 8.00. The first kappa shape index (κ1) is 20.1. The van der Waals surface area contributed by atoms with Gasteiger partial charge in [-0.3, -0.25) is 0 Å². The molecular formula is C22H25N3O2S. The molecule has 0 atom stereocenters. The molecule has 0 radical (unpaired) electrons. The highest BCUT2D eigenvalue weighted by atomic mass is 32.2. The van der Waals surface area contributed by atoms with Gasteiger partial charge >= 0.3 is 0 Å². The van der Waals surface area contributed by atoms with Crippen LogP contribution in [0.5, 0.6) is 5.75 Å². The highest BCUT2D eigenvalue weighted by Crippen LogP contribution is 2.34. The Morgan fingerprint density at radius 3 is 2.54 bits per heavy atom. The van der Waals surface area contributed by atoms with E-state index in [2.05, 4.69) is 16.1 Å². The van der Waals surface area contributed by atoms with Gasteiger partial charge in [0.2, 0.25) is 0 Å². The molecular weight excluding hydrogens is 370 g/mol. The summed E-state index contributed by atoms with van der Waals surface area (Å²) < 4.78 is 8.90. The van der Waals surface area contributed by atoms with E-state index in [-0.39, 0.29) is 6.61 Å². The summed E-state index contributed by atoms with van der Waals surface area (Å²) in [7, 11) is 1.67. The van der Waals surface area contributed by atoms with Gasteiger partial charge in [0.1, 0.15) is 5.75 Å². The highest BCUT2D eigenvalue weighted by Gasteiger charge is 2.08. The van der Waals surface area contributed by atoms with Gasteiger partial charge in [-0.2, -0.15) is 0 Å². The van der Waals surface area contributed by atoms with Crippen LogP contribution in [0.25, 0.3) is 11.1 Å². The molecule has 0 bridgehead atoms. The Labute approximate surface area is 170 Å². The van der Waals surface area contributed by atoms with Crippen molar-refractivity contribution in [3.63, 3.8) is 0 Å². The molecule has 0 aliphatic rings. The Morgan fingerprint density at radius 2 is 1.75 bits per heavy atom. The van der Waals surface area contributed by atoms with Crippen LogP contribution in [-0.4, -0.2) is 25.3 Å². The molecule has 0 heterocycles. The zero-order valence-electron chi connectivity index (χ0n) is 15.8. The summed E-state index contributed by atoms with van der Waals surface area (Å²) in [6.45, 7) is 1.36. The zero-order valence-corrected chi connectivity index (χ0v) is 16.6. The SMILES string of the molecule is COc1ccc(-c2cccc(CO)c2)cc1SNc1cccc(NCCN)c1. The minimum atomic E-state index is 0.0295. The van der Waals surface area contributed by atoms with Crippen molar-refractivity contribution in [1.29, 1.82) is 0 Å². The van der Waals surface area contributed by atoms with Crippen molar-refractivity contribution in [3.8, 4) is 16.9 Å². The maximum absolute atomic E-state index is 9.39. The summed E-state index contributed by atoms with van der Waals surface area (Å²) >= 11 is 1.50. The Hall–Kier alpha value is -2.67. The molecule has 3 aromatic rings. The molecule has 0 spiro atoms. The third-order valence-electron chi connectivity index (χ3n) is 4.22. The van der Waals surface area contributed by atoms with E-state index < -0.39 is 0 Å². The van der Waals surface area contributed by atoms with Crippen LogP contribution in [0.4, 0.5) is 11.4 Å². The van der Waals surface area contributed by atoms with Crippen LogP contribution in [0.15, 0.2) is 71.6 Å². The summed E-state index contributed by atoms with van der Waals surface area (Å²) in [6, 6.07) is 22.0. The predicted molar refractivity (Wildman–Crippen MR) is 118 cm³/mol. The number of benzene rings is 3. The number of ether oxygens (including phenoxy) is 1. The van der Waals surface area contributed by atoms with Crippen LogP contribution in [0, 0.1) is 0 Å². The topological polar surface area (TPSA) is 79.5 Å². The lowest BCUT2D eigenvalue weighted by Gasteiger charge is -2.13. The lowest BCUT2D eigenvalue weighted by atomic mass is 10.0. The van der Waals surface area contributed by atoms with Crippen molar-refractivity contribution in [1.82, 2.24) is 0 Å². The van der Waals surface area contributed by atoms with E-state index in [1.807, 2.05) is 60.7 Å². The average molecular weight is 396 g/mol. The number of anilines is 2. The lowest BCUT2D eigenvalue weighted by molar-refractivity contribution is 0.282. The smallest absolute Gasteiger partial charge is 0.134 e. The number of aliphatic hydroxyl groups is 1. The normalized spacial score (nSPS) is 10.5. The quantitative estimate of drug-likeness (QED) is 0.404. The first-order chi connectivity index (χ1) is 13.7. The van der Waals surface area contributed by atoms with Gasteiger partial charge < -0.3 is 25.6 Å². The fourth-order valence-corrected chi connectivity index (χ4v) is 3.60. The second-order valence-corrected chi connectivity index (χ2v) is 7.07. The van der Waals surface area contributed by atoms with E-state index in [4.69, 9.17) is 10.5 Å². The van der Waals surface area contributed by atoms with Crippen LogP contribution in [0.2, 0.25) is 0 Å². The monoisotopic (exact) mass is 395 g/mol. The third kappa shape index (κ3) is 5.19. The van der Waals surface area contributed by atoms with Gasteiger partial charge in [0.05, 0.1) is 18.6 Å². The van der Waals surface area contributed by atoms with Crippen molar-refractivity contribution in [2.24, 2.45) is 5.73 Å². The summed E-state index contributed by atoms with van der Waals surface area (Å²) in [6.07, 6.45) is 0. The fourth-order valence-electron chi connectivity index (χ4n) is 2.81. The van der Waals surface area contributed by atoms with Gasteiger partial charge in [0.25, 0.3) is 0 Å². The predicted octanol–water partition coefficient (Wildman–Crippen LogP) is 4.34. The number of hydrogen-bond donors (Lipinski definition) is 4. The van der Waals surface area contributed by atoms with Crippen molar-refractivity contribution in [2.45, 2.75) is 11.5 Å². The van der Waals surface area contributed by atoms with E-state index >= 15 is 0 Å². The standard InChI is InChI=1S/C22H25N3O2S/c1-27-21-9-8-18(17-5-2-4-16(12-17)15-26)13-22(21)28-25-20-7-3-6-19(14-20)24-11-10-23/h2-9,12-14,24-26H,10-11,15,23H2,1H3. The molecule has 0 unspecified atom stereocenters. The minimum Gasteiger partial charge on any atom is -0.496 e. The molecule has 146 valence electrons. The van der Waals surface area contributed by atoms with Crippen LogP contribution in [0.1, 0.15) is 5.56 Å². The number of rotatable bonds is 9. The van der Waals surface area contributed by atoms with Gasteiger partial charge in [-0.1, -0.05) is 30.3 Å². The van der Waals surface area contributed by atoms with Gasteiger partial charge in [0, 0.05) is 24.5 Å². The zero-order chi connectivity index (χ0) is 19.8. The van der Waals surface area contributed by atoms with Crippen molar-refractivity contribution < 1.29 is 9.84 Å². The molecule has 28 heavy (non-hydrogen) atoms. The second kappa shape index (κ2) is 10.0. The molecule has 0 fully saturated rings. The molecule has 0 saturated carbocycles. The summed E-state index contributed by atoms with van der Waals surface area (Å²) in [5, 5.41) is 12.7. The number of methoxy groups -OCH3 is 1. The van der Waals surface area contributed by atoms with Gasteiger partial charge in [0.15, 0.2) is 0 Å². The van der Waals surface area contributed by atoms with E-state index in [0.717, 1.165) is 45.3 Å². The summed E-state index contributed by atoms with van der Waals surface area (Å²) in [4.78, 5) is 0.981. The van der Waals surface area contributed by atoms with Crippen molar-refractivity contribution in [2.75, 3.05) is 30.2 Å². The minimum absolute atomic E-state index is 0.0295. The number of nitrogens with one attached hydrogen (secondary N) is 2. The van der Waals surface area contributed by atoms with Gasteiger partial charge in [-0.25, -0.2) is 0 Å². The first-order valence-corrected chi connectivity index (χ1v) is 9.90. The molecule has 3 rings (SSSR count). The largest absolute Gasteiger partial charge is 0.496 e. The van der Waals surface area contributed by atoms with Crippen molar-refractivity contribution >= 4 is 23.3 Å². The number of hydrogen-bond acceptors (Lipinski definition) is 6. The molecule has 0 aliphatic carbocycles. The third-order valence-corrected chi connectivity index (χ3v) is 5.10. The Bertz CT molecular complexity index is 918. The van der Waals surface area contributed by atoms with Gasteiger partial charge in [-0.15, -0.1) is 0 Å². The van der Waals surface area contributed by atoms with Crippen LogP contribution >= 0.6 is 11.9 Å². The summed E-state index contributed by atoms with van der Waals surface area (Å²) in [5.41, 5.74) is 10.6. The molecule has 3 aromatic carbocycles. The van der Waals surface area contributed by atoms with Crippen LogP contribution in [-0.2, 0) is 6.61 Å². The Morgan fingerprint density at radius 1 is 0.964 bits per heavy atom. The Kier molecular flexibility index (Phi) is 7.19. The molecule has 0 aliphatic heterocycles. The second-order valence-electron chi connectivity index (χ2n) is 6.22. The van der Waals surface area contributed by atoms with E-state index in [9.17, 15) is 5.11 Å². The van der Waals surface area contributed by atoms with E-state index in [1.165, 1.54) is 11.9 Å². The Balaban J connectivity index is 1.79. The summed E-state index contributed by atoms with van der Waals surface area (Å²) in [5.74, 6) is 0.803. The van der Waals surface area contributed by atoms with Crippen LogP contribution < -0.4 is 20.5 Å². The van der Waals surface area contributed by atoms with Crippen molar-refractivity contribution in [3.05, 3.63) is 72.3 Å². The number of nitrogens with two attached hydrogens (primary N) is 1. The molecule has 5 nitrogen and oxygen atoms in total. The van der Waals surface area contributed by atoms with Gasteiger partial charge in [-0.05, 0) is 65.0 Å². The van der Waals surface area contributed by atoms with E-state index in [1.54, 1.807) is 7.11 Å². The molecule has 0 amide bonds. The molecule has 6 heteroatoms. The molecule has 0 aromatic heterocycles. The molecule has 5 N–H and O–H groups in total. The lowest BCUT2D eigenvalue weighted by Crippen LogP contribution is -2.12. The maximum Gasteiger partial charge on any atom is 0.134 e. The average Bonchev–Trinajstić information content (AvgIpc) is 2.76. The first-order valence-electron chi connectivity index (χ1n) is 9.08. The van der Waals surface area contributed by atoms with Crippen LogP contribution in [0.3, 0.4) is 0 Å².